The topological polar surface area (TPSA) is 89.0 Å². The number of rotatable bonds is 8. The number of ketones is 1. The molecule has 1 N–H and O–H groups in total. The predicted octanol–water partition coefficient (Wildman–Crippen LogP) is 5.29. The third-order valence-electron chi connectivity index (χ3n) is 6.43. The number of amides is 1. The van der Waals surface area contributed by atoms with Crippen LogP contribution in [-0.4, -0.2) is 33.8 Å². The van der Waals surface area contributed by atoms with Crippen LogP contribution in [0.4, 0.5) is 0 Å². The lowest BCUT2D eigenvalue weighted by molar-refractivity contribution is -0.140. The van der Waals surface area contributed by atoms with Crippen molar-refractivity contribution in [3.8, 4) is 11.5 Å². The lowest BCUT2D eigenvalue weighted by Crippen LogP contribution is -2.29. The molecule has 1 amide bonds. The van der Waals surface area contributed by atoms with Gasteiger partial charge in [-0.2, -0.15) is 0 Å². The third kappa shape index (κ3) is 5.13. The molecule has 7 heteroatoms. The Balaban J connectivity index is 1.55. The Bertz CT molecular complexity index is 1470. The first-order valence-corrected chi connectivity index (χ1v) is 12.1. The zero-order valence-electron chi connectivity index (χ0n) is 20.8. The van der Waals surface area contributed by atoms with Gasteiger partial charge in [0.25, 0.3) is 11.7 Å². The second-order valence-electron chi connectivity index (χ2n) is 8.86. The summed E-state index contributed by atoms with van der Waals surface area (Å²) in [6, 6.07) is 26.5. The number of likely N-dealkylation sites (tertiary alicyclic amines) is 1. The molecule has 38 heavy (non-hydrogen) atoms. The molecule has 7 nitrogen and oxygen atoms in total. The first-order chi connectivity index (χ1) is 18.5. The molecule has 1 aromatic heterocycles. The number of methoxy groups -OCH3 is 1. The van der Waals surface area contributed by atoms with Crippen LogP contribution in [0.15, 0.2) is 109 Å². The molecule has 0 bridgehead atoms. The molecule has 4 aromatic rings. The average Bonchev–Trinajstić information content (AvgIpc) is 3.22. The van der Waals surface area contributed by atoms with Gasteiger partial charge in [0.05, 0.1) is 18.7 Å². The first-order valence-electron chi connectivity index (χ1n) is 12.1. The molecular weight excluding hydrogens is 480 g/mol. The van der Waals surface area contributed by atoms with E-state index in [-0.39, 0.29) is 17.9 Å². The van der Waals surface area contributed by atoms with Gasteiger partial charge in [-0.05, 0) is 65.2 Å². The van der Waals surface area contributed by atoms with Crippen molar-refractivity contribution in [1.82, 2.24) is 9.88 Å². The Hall–Kier alpha value is -4.91. The monoisotopic (exact) mass is 506 g/mol. The molecule has 0 spiro atoms. The number of nitrogens with zero attached hydrogens (tertiary/aromatic N) is 2. The summed E-state index contributed by atoms with van der Waals surface area (Å²) in [6.07, 6.45) is 3.27. The Labute approximate surface area is 220 Å². The molecule has 1 aliphatic rings. The van der Waals surface area contributed by atoms with Gasteiger partial charge < -0.3 is 19.5 Å². The summed E-state index contributed by atoms with van der Waals surface area (Å²) in [4.78, 5) is 32.2. The Morgan fingerprint density at radius 2 is 1.61 bits per heavy atom. The lowest BCUT2D eigenvalue weighted by Gasteiger charge is -2.26. The van der Waals surface area contributed by atoms with Crippen molar-refractivity contribution in [2.75, 3.05) is 7.11 Å². The maximum atomic E-state index is 13.3. The van der Waals surface area contributed by atoms with Crippen LogP contribution in [0.2, 0.25) is 0 Å². The van der Waals surface area contributed by atoms with Crippen LogP contribution in [0, 0.1) is 0 Å². The van der Waals surface area contributed by atoms with E-state index in [1.807, 2.05) is 48.5 Å². The van der Waals surface area contributed by atoms with Gasteiger partial charge in [-0.15, -0.1) is 0 Å². The van der Waals surface area contributed by atoms with Gasteiger partial charge in [0.15, 0.2) is 0 Å². The second-order valence-corrected chi connectivity index (χ2v) is 8.86. The molecule has 1 fully saturated rings. The minimum Gasteiger partial charge on any atom is -0.507 e. The highest BCUT2D eigenvalue weighted by atomic mass is 16.5. The van der Waals surface area contributed by atoms with Gasteiger partial charge in [-0.3, -0.25) is 14.6 Å². The van der Waals surface area contributed by atoms with Gasteiger partial charge >= 0.3 is 0 Å². The zero-order valence-corrected chi connectivity index (χ0v) is 20.8. The van der Waals surface area contributed by atoms with Gasteiger partial charge in [0.2, 0.25) is 0 Å². The summed E-state index contributed by atoms with van der Waals surface area (Å²) in [7, 11) is 1.55. The Kier molecular flexibility index (Phi) is 7.17. The van der Waals surface area contributed by atoms with E-state index in [0.29, 0.717) is 29.2 Å². The van der Waals surface area contributed by atoms with E-state index in [1.54, 1.807) is 62.0 Å². The minimum atomic E-state index is -0.814. The average molecular weight is 507 g/mol. The number of ether oxygens (including phenoxy) is 2. The van der Waals surface area contributed by atoms with Crippen molar-refractivity contribution in [3.63, 3.8) is 0 Å². The molecule has 2 heterocycles. The highest BCUT2D eigenvalue weighted by molar-refractivity contribution is 6.46. The van der Waals surface area contributed by atoms with E-state index in [1.165, 1.54) is 4.90 Å². The Morgan fingerprint density at radius 3 is 2.32 bits per heavy atom. The molecule has 1 saturated heterocycles. The van der Waals surface area contributed by atoms with Gasteiger partial charge in [-0.1, -0.05) is 42.5 Å². The molecule has 190 valence electrons. The predicted molar refractivity (Wildman–Crippen MR) is 142 cm³/mol. The van der Waals surface area contributed by atoms with E-state index < -0.39 is 17.7 Å². The summed E-state index contributed by atoms with van der Waals surface area (Å²) in [5.74, 6) is -0.473. The standard InChI is InChI=1S/C31H26N2O5/c1-37-25-12-10-23(11-13-25)29(34)27-28(33(31(36)30(27)35)19-21-14-16-32-17-15-21)24-8-5-9-26(18-24)38-20-22-6-3-2-4-7-22/h2-18,28,34H,19-20H2,1H3. The van der Waals surface area contributed by atoms with Crippen LogP contribution in [0.3, 0.4) is 0 Å². The van der Waals surface area contributed by atoms with Crippen LogP contribution < -0.4 is 9.47 Å². The molecule has 0 aliphatic carbocycles. The van der Waals surface area contributed by atoms with Crippen molar-refractivity contribution in [2.45, 2.75) is 19.2 Å². The number of hydrogen-bond acceptors (Lipinski definition) is 6. The number of aliphatic hydroxyl groups is 1. The minimum absolute atomic E-state index is 0.0226. The number of hydrogen-bond donors (Lipinski definition) is 1. The smallest absolute Gasteiger partial charge is 0.295 e. The quantitative estimate of drug-likeness (QED) is 0.198. The fourth-order valence-corrected chi connectivity index (χ4v) is 4.49. The normalized spacial score (nSPS) is 16.4. The van der Waals surface area contributed by atoms with E-state index in [9.17, 15) is 14.7 Å². The summed E-state index contributed by atoms with van der Waals surface area (Å²) < 4.78 is 11.2. The molecule has 3 aromatic carbocycles. The highest BCUT2D eigenvalue weighted by Crippen LogP contribution is 2.41. The summed E-state index contributed by atoms with van der Waals surface area (Å²) in [5.41, 5.74) is 2.91. The van der Waals surface area contributed by atoms with Crippen molar-refractivity contribution >= 4 is 17.4 Å². The van der Waals surface area contributed by atoms with E-state index >= 15 is 0 Å². The maximum Gasteiger partial charge on any atom is 0.295 e. The van der Waals surface area contributed by atoms with Crippen molar-refractivity contribution in [2.24, 2.45) is 0 Å². The highest BCUT2D eigenvalue weighted by Gasteiger charge is 2.46. The Morgan fingerprint density at radius 1 is 0.868 bits per heavy atom. The summed E-state index contributed by atoms with van der Waals surface area (Å²) in [6.45, 7) is 0.541. The number of aromatic nitrogens is 1. The number of carbonyl (C=O) groups is 2. The maximum absolute atomic E-state index is 13.3. The molecule has 1 unspecified atom stereocenters. The first kappa shape index (κ1) is 24.8. The zero-order chi connectivity index (χ0) is 26.5. The third-order valence-corrected chi connectivity index (χ3v) is 6.43. The number of carbonyl (C=O) groups excluding carboxylic acids is 2. The van der Waals surface area contributed by atoms with Crippen LogP contribution in [0.1, 0.15) is 28.3 Å². The van der Waals surface area contributed by atoms with Crippen LogP contribution >= 0.6 is 0 Å². The molecule has 1 atom stereocenters. The molecule has 0 saturated carbocycles. The van der Waals surface area contributed by atoms with Crippen LogP contribution in [0.25, 0.3) is 5.76 Å². The van der Waals surface area contributed by atoms with E-state index in [4.69, 9.17) is 9.47 Å². The fourth-order valence-electron chi connectivity index (χ4n) is 4.49. The SMILES string of the molecule is COc1ccc(C(O)=C2C(=O)C(=O)N(Cc3ccncc3)C2c2cccc(OCc3ccccc3)c2)cc1. The van der Waals surface area contributed by atoms with Crippen LogP contribution in [-0.2, 0) is 22.7 Å². The molecular formula is C31H26N2O5. The van der Waals surface area contributed by atoms with Gasteiger partial charge in [0, 0.05) is 24.5 Å². The number of pyridine rings is 1. The van der Waals surface area contributed by atoms with Crippen molar-refractivity contribution < 1.29 is 24.2 Å². The van der Waals surface area contributed by atoms with Crippen molar-refractivity contribution in [3.05, 3.63) is 131 Å². The summed E-state index contributed by atoms with van der Waals surface area (Å²) >= 11 is 0. The molecule has 5 rings (SSSR count). The second kappa shape index (κ2) is 11.0. The molecule has 0 radical (unpaired) electrons. The van der Waals surface area contributed by atoms with Crippen LogP contribution in [0.5, 0.6) is 11.5 Å². The number of Topliss-reactive ketones (excluding diaryl/α,β-unsaturated/α-hetero) is 1. The fraction of sp³-hybridized carbons (Fsp3) is 0.129. The van der Waals surface area contributed by atoms with Gasteiger partial charge in [-0.25, -0.2) is 0 Å². The summed E-state index contributed by atoms with van der Waals surface area (Å²) in [5, 5.41) is 11.3. The van der Waals surface area contributed by atoms with E-state index in [2.05, 4.69) is 4.98 Å². The lowest BCUT2D eigenvalue weighted by atomic mass is 9.95. The van der Waals surface area contributed by atoms with Gasteiger partial charge in [0.1, 0.15) is 23.9 Å². The molecule has 1 aliphatic heterocycles. The van der Waals surface area contributed by atoms with Crippen molar-refractivity contribution in [1.29, 1.82) is 0 Å². The number of aliphatic hydroxyl groups excluding tert-OH is 1. The largest absolute Gasteiger partial charge is 0.507 e. The van der Waals surface area contributed by atoms with E-state index in [0.717, 1.165) is 11.1 Å². The number of benzene rings is 3.